The van der Waals surface area contributed by atoms with Gasteiger partial charge in [-0.15, -0.1) is 0 Å². The van der Waals surface area contributed by atoms with Gasteiger partial charge in [0.2, 0.25) is 5.91 Å². The van der Waals surface area contributed by atoms with Gasteiger partial charge in [-0.3, -0.25) is 14.3 Å². The lowest BCUT2D eigenvalue weighted by atomic mass is 10.1. The molecule has 8 nitrogen and oxygen atoms in total. The number of anilines is 3. The molecular formula is C24H23FN6O2. The van der Waals surface area contributed by atoms with E-state index in [1.54, 1.807) is 35.2 Å². The van der Waals surface area contributed by atoms with E-state index in [4.69, 9.17) is 0 Å². The Balaban J connectivity index is 1.38. The Bertz CT molecular complexity index is 1380. The Morgan fingerprint density at radius 2 is 1.82 bits per heavy atom. The lowest BCUT2D eigenvalue weighted by Crippen LogP contribution is -2.30. The molecule has 0 saturated heterocycles. The highest BCUT2D eigenvalue weighted by Gasteiger charge is 2.18. The van der Waals surface area contributed by atoms with Crippen molar-refractivity contribution in [2.75, 3.05) is 10.6 Å². The van der Waals surface area contributed by atoms with E-state index in [-0.39, 0.29) is 24.0 Å². The van der Waals surface area contributed by atoms with E-state index in [1.165, 1.54) is 16.8 Å². The standard InChI is InChI=1S/C24H23FN6O2/c25-16-5-7-17(8-6-16)27-20-9-10-21(19-14-26-12-11-18(19)20)28-23(32)15-31-24(33)30-13-3-1-2-4-22(30)29-31/h5-12,14,27H,1-4,13,15H2,(H,28,32). The summed E-state index contributed by atoms with van der Waals surface area (Å²) in [6.45, 7) is 0.491. The molecular weight excluding hydrogens is 423 g/mol. The molecule has 0 spiro atoms. The smallest absolute Gasteiger partial charge is 0.346 e. The van der Waals surface area contributed by atoms with Crippen molar-refractivity contribution in [1.82, 2.24) is 19.3 Å². The van der Waals surface area contributed by atoms with E-state index < -0.39 is 0 Å². The number of halogens is 1. The molecule has 0 fully saturated rings. The van der Waals surface area contributed by atoms with Crippen LogP contribution in [-0.4, -0.2) is 25.2 Å². The van der Waals surface area contributed by atoms with Crippen molar-refractivity contribution in [3.05, 3.63) is 77.0 Å². The number of aryl methyl sites for hydroxylation is 1. The van der Waals surface area contributed by atoms with Gasteiger partial charge in [0, 0.05) is 47.5 Å². The van der Waals surface area contributed by atoms with E-state index >= 15 is 0 Å². The fourth-order valence-electron chi connectivity index (χ4n) is 4.15. The van der Waals surface area contributed by atoms with Gasteiger partial charge in [-0.2, -0.15) is 5.10 Å². The van der Waals surface area contributed by atoms with Crippen LogP contribution in [-0.2, 0) is 24.3 Å². The second kappa shape index (κ2) is 8.85. The van der Waals surface area contributed by atoms with Crippen LogP contribution in [0.3, 0.4) is 0 Å². The first-order valence-corrected chi connectivity index (χ1v) is 10.9. The van der Waals surface area contributed by atoms with E-state index in [0.29, 0.717) is 12.2 Å². The molecule has 0 saturated carbocycles. The minimum Gasteiger partial charge on any atom is -0.355 e. The normalized spacial score (nSPS) is 13.4. The molecule has 1 aliphatic heterocycles. The number of aromatic nitrogens is 4. The van der Waals surface area contributed by atoms with Crippen LogP contribution >= 0.6 is 0 Å². The third kappa shape index (κ3) is 4.34. The third-order valence-corrected chi connectivity index (χ3v) is 5.79. The van der Waals surface area contributed by atoms with Crippen LogP contribution in [0, 0.1) is 5.82 Å². The minimum absolute atomic E-state index is 0.157. The Labute approximate surface area is 189 Å². The number of nitrogens with one attached hydrogen (secondary N) is 2. The number of benzene rings is 2. The first-order valence-electron chi connectivity index (χ1n) is 10.9. The maximum atomic E-state index is 13.2. The summed E-state index contributed by atoms with van der Waals surface area (Å²) >= 11 is 0. The van der Waals surface area contributed by atoms with Crippen LogP contribution in [0.25, 0.3) is 10.8 Å². The van der Waals surface area contributed by atoms with Gasteiger partial charge in [0.1, 0.15) is 18.2 Å². The van der Waals surface area contributed by atoms with Crippen molar-refractivity contribution >= 4 is 33.7 Å². The lowest BCUT2D eigenvalue weighted by molar-refractivity contribution is -0.117. The Kier molecular flexibility index (Phi) is 5.60. The quantitative estimate of drug-likeness (QED) is 0.486. The Morgan fingerprint density at radius 3 is 2.67 bits per heavy atom. The number of nitrogens with zero attached hydrogens (tertiary/aromatic N) is 4. The van der Waals surface area contributed by atoms with Gasteiger partial charge in [-0.05, 0) is 55.3 Å². The molecule has 5 rings (SSSR count). The molecule has 0 unspecified atom stereocenters. The fourth-order valence-corrected chi connectivity index (χ4v) is 4.15. The molecule has 2 aromatic heterocycles. The monoisotopic (exact) mass is 446 g/mol. The number of carbonyl (C=O) groups is 1. The van der Waals surface area contributed by atoms with Crippen LogP contribution in [0.5, 0.6) is 0 Å². The number of fused-ring (bicyclic) bond motifs is 2. The van der Waals surface area contributed by atoms with Crippen LogP contribution in [0.4, 0.5) is 21.5 Å². The molecule has 2 N–H and O–H groups in total. The number of amides is 1. The largest absolute Gasteiger partial charge is 0.355 e. The second-order valence-electron chi connectivity index (χ2n) is 8.08. The molecule has 0 atom stereocenters. The van der Waals surface area contributed by atoms with Gasteiger partial charge < -0.3 is 10.6 Å². The number of hydrogen-bond acceptors (Lipinski definition) is 5. The number of rotatable bonds is 5. The molecule has 168 valence electrons. The van der Waals surface area contributed by atoms with Gasteiger partial charge in [-0.25, -0.2) is 13.9 Å². The van der Waals surface area contributed by atoms with E-state index in [1.807, 2.05) is 12.1 Å². The summed E-state index contributed by atoms with van der Waals surface area (Å²) in [5, 5.41) is 12.1. The van der Waals surface area contributed by atoms with Crippen molar-refractivity contribution in [2.45, 2.75) is 38.8 Å². The SMILES string of the molecule is O=C(Cn1nc2n(c1=O)CCCCC2)Nc1ccc(Nc2ccc(F)cc2)c2ccncc12. The van der Waals surface area contributed by atoms with Crippen molar-refractivity contribution in [2.24, 2.45) is 0 Å². The average Bonchev–Trinajstić information content (AvgIpc) is 2.97. The molecule has 4 aromatic rings. The summed E-state index contributed by atoms with van der Waals surface area (Å²) in [6, 6.07) is 11.5. The van der Waals surface area contributed by atoms with Gasteiger partial charge in [0.05, 0.1) is 5.69 Å². The fraction of sp³-hybridized carbons (Fsp3) is 0.250. The average molecular weight is 446 g/mol. The van der Waals surface area contributed by atoms with Gasteiger partial charge in [-0.1, -0.05) is 6.42 Å². The first kappa shape index (κ1) is 20.9. The lowest BCUT2D eigenvalue weighted by Gasteiger charge is -2.13. The predicted molar refractivity (Wildman–Crippen MR) is 124 cm³/mol. The van der Waals surface area contributed by atoms with Gasteiger partial charge >= 0.3 is 5.69 Å². The number of hydrogen-bond donors (Lipinski definition) is 2. The van der Waals surface area contributed by atoms with Crippen molar-refractivity contribution in [3.63, 3.8) is 0 Å². The van der Waals surface area contributed by atoms with Crippen LogP contribution in [0.2, 0.25) is 0 Å². The zero-order chi connectivity index (χ0) is 22.8. The highest BCUT2D eigenvalue weighted by molar-refractivity contribution is 6.06. The van der Waals surface area contributed by atoms with E-state index in [9.17, 15) is 14.0 Å². The van der Waals surface area contributed by atoms with Gasteiger partial charge in [0.15, 0.2) is 0 Å². The summed E-state index contributed by atoms with van der Waals surface area (Å²) in [5.74, 6) is 0.104. The van der Waals surface area contributed by atoms with Gasteiger partial charge in [0.25, 0.3) is 0 Å². The summed E-state index contributed by atoms with van der Waals surface area (Å²) in [5.41, 5.74) is 1.88. The van der Waals surface area contributed by atoms with Crippen molar-refractivity contribution in [3.8, 4) is 0 Å². The molecule has 0 aliphatic carbocycles. The molecule has 0 radical (unpaired) electrons. The maximum absolute atomic E-state index is 13.2. The van der Waals surface area contributed by atoms with Crippen LogP contribution in [0.1, 0.15) is 25.1 Å². The molecule has 1 amide bonds. The summed E-state index contributed by atoms with van der Waals surface area (Å²) < 4.78 is 16.1. The van der Waals surface area contributed by atoms with Crippen molar-refractivity contribution in [1.29, 1.82) is 0 Å². The molecule has 0 bridgehead atoms. The van der Waals surface area contributed by atoms with E-state index in [0.717, 1.165) is 53.7 Å². The number of carbonyl (C=O) groups excluding carboxylic acids is 1. The highest BCUT2D eigenvalue weighted by atomic mass is 19.1. The summed E-state index contributed by atoms with van der Waals surface area (Å²) in [4.78, 5) is 29.6. The molecule has 1 aliphatic rings. The molecule has 9 heteroatoms. The maximum Gasteiger partial charge on any atom is 0.346 e. The highest BCUT2D eigenvalue weighted by Crippen LogP contribution is 2.31. The molecule has 33 heavy (non-hydrogen) atoms. The topological polar surface area (TPSA) is 93.8 Å². The first-order chi connectivity index (χ1) is 16.1. The number of pyridine rings is 1. The Hall–Kier alpha value is -4.01. The Morgan fingerprint density at radius 1 is 1.00 bits per heavy atom. The van der Waals surface area contributed by atoms with E-state index in [2.05, 4.69) is 20.7 Å². The zero-order valence-corrected chi connectivity index (χ0v) is 17.9. The molecule has 2 aromatic carbocycles. The summed E-state index contributed by atoms with van der Waals surface area (Å²) in [6.07, 6.45) is 7.12. The predicted octanol–water partition coefficient (Wildman–Crippen LogP) is 3.84. The third-order valence-electron chi connectivity index (χ3n) is 5.79. The summed E-state index contributed by atoms with van der Waals surface area (Å²) in [7, 11) is 0. The second-order valence-corrected chi connectivity index (χ2v) is 8.08. The molecule has 3 heterocycles. The van der Waals surface area contributed by atoms with Crippen molar-refractivity contribution < 1.29 is 9.18 Å². The minimum atomic E-state index is -0.338. The van der Waals surface area contributed by atoms with Crippen LogP contribution in [0.15, 0.2) is 59.7 Å². The van der Waals surface area contributed by atoms with Crippen LogP contribution < -0.4 is 16.3 Å². The zero-order valence-electron chi connectivity index (χ0n) is 17.9.